The van der Waals surface area contributed by atoms with Crippen molar-refractivity contribution in [3.8, 4) is 0 Å². The van der Waals surface area contributed by atoms with Crippen LogP contribution >= 0.6 is 11.8 Å². The number of aromatic nitrogens is 2. The van der Waals surface area contributed by atoms with Gasteiger partial charge >= 0.3 is 0 Å². The van der Waals surface area contributed by atoms with Gasteiger partial charge in [-0.1, -0.05) is 12.1 Å². The molecule has 0 radical (unpaired) electrons. The highest BCUT2D eigenvalue weighted by Gasteiger charge is 2.15. The lowest BCUT2D eigenvalue weighted by molar-refractivity contribution is 0.664. The Hall–Kier alpha value is -1.49. The van der Waals surface area contributed by atoms with Gasteiger partial charge < -0.3 is 10.2 Å². The van der Waals surface area contributed by atoms with Crippen LogP contribution in [0, 0.1) is 0 Å². The van der Waals surface area contributed by atoms with Crippen LogP contribution in [0.3, 0.4) is 0 Å². The molecule has 1 aromatic heterocycles. The molecule has 0 bridgehead atoms. The van der Waals surface area contributed by atoms with Crippen molar-refractivity contribution in [2.24, 2.45) is 0 Å². The van der Waals surface area contributed by atoms with Crippen molar-refractivity contribution in [3.63, 3.8) is 0 Å². The van der Waals surface area contributed by atoms with Crippen LogP contribution in [-0.2, 0) is 0 Å². The van der Waals surface area contributed by atoms with Crippen molar-refractivity contribution in [2.75, 3.05) is 36.3 Å². The maximum Gasteiger partial charge on any atom is 0.224 e. The second-order valence-electron chi connectivity index (χ2n) is 4.88. The molecule has 0 saturated carbocycles. The molecule has 1 atom stereocenters. The quantitative estimate of drug-likeness (QED) is 0.884. The third-order valence-corrected chi connectivity index (χ3v) is 4.19. The molecule has 20 heavy (non-hydrogen) atoms. The van der Waals surface area contributed by atoms with Gasteiger partial charge in [0.25, 0.3) is 0 Å². The molecule has 0 aliphatic heterocycles. The Morgan fingerprint density at radius 1 is 1.30 bits per heavy atom. The van der Waals surface area contributed by atoms with Crippen LogP contribution in [0.5, 0.6) is 0 Å². The summed E-state index contributed by atoms with van der Waals surface area (Å²) in [5.41, 5.74) is 0.978. The number of benzene rings is 1. The SMILES string of the molecule is CNc1nc(N(C)C(C)CCSC)c2ccccc2n1. The number of hydrogen-bond donors (Lipinski definition) is 1. The van der Waals surface area contributed by atoms with Crippen molar-refractivity contribution < 1.29 is 0 Å². The summed E-state index contributed by atoms with van der Waals surface area (Å²) in [7, 11) is 3.96. The Morgan fingerprint density at radius 2 is 2.05 bits per heavy atom. The molecule has 0 amide bonds. The smallest absolute Gasteiger partial charge is 0.224 e. The number of anilines is 2. The average Bonchev–Trinajstić information content (AvgIpc) is 2.50. The third-order valence-electron chi connectivity index (χ3n) is 3.54. The summed E-state index contributed by atoms with van der Waals surface area (Å²) in [5.74, 6) is 2.82. The summed E-state index contributed by atoms with van der Waals surface area (Å²) in [5, 5.41) is 4.15. The number of hydrogen-bond acceptors (Lipinski definition) is 5. The second kappa shape index (κ2) is 6.79. The molecule has 1 aromatic carbocycles. The molecule has 1 N–H and O–H groups in total. The van der Waals surface area contributed by atoms with E-state index in [1.54, 1.807) is 0 Å². The summed E-state index contributed by atoms with van der Waals surface area (Å²) in [6.07, 6.45) is 3.29. The Morgan fingerprint density at radius 3 is 2.75 bits per heavy atom. The highest BCUT2D eigenvalue weighted by atomic mass is 32.2. The van der Waals surface area contributed by atoms with Crippen LogP contribution in [0.4, 0.5) is 11.8 Å². The van der Waals surface area contributed by atoms with E-state index in [4.69, 9.17) is 0 Å². The fourth-order valence-corrected chi connectivity index (χ4v) is 2.71. The minimum Gasteiger partial charge on any atom is -0.357 e. The summed E-state index contributed by atoms with van der Waals surface area (Å²) < 4.78 is 0. The molecule has 1 unspecified atom stereocenters. The first-order valence-corrected chi connectivity index (χ1v) is 8.23. The Kier molecular flexibility index (Phi) is 5.06. The maximum atomic E-state index is 4.65. The predicted molar refractivity (Wildman–Crippen MR) is 89.9 cm³/mol. The number of para-hydroxylation sites is 1. The van der Waals surface area contributed by atoms with E-state index in [0.29, 0.717) is 12.0 Å². The average molecular weight is 290 g/mol. The van der Waals surface area contributed by atoms with Crippen LogP contribution < -0.4 is 10.2 Å². The topological polar surface area (TPSA) is 41.1 Å². The van der Waals surface area contributed by atoms with E-state index in [0.717, 1.165) is 28.9 Å². The van der Waals surface area contributed by atoms with Gasteiger partial charge in [-0.15, -0.1) is 0 Å². The standard InChI is InChI=1S/C15H22N4S/c1-11(9-10-20-4)19(3)14-12-7-5-6-8-13(12)17-15(16-2)18-14/h5-8,11H,9-10H2,1-4H3,(H,16,17,18). The lowest BCUT2D eigenvalue weighted by Crippen LogP contribution is -2.30. The molecule has 0 saturated heterocycles. The van der Waals surface area contributed by atoms with Gasteiger partial charge in [0.05, 0.1) is 5.52 Å². The molecule has 1 heterocycles. The van der Waals surface area contributed by atoms with Gasteiger partial charge in [-0.25, -0.2) is 4.98 Å². The van der Waals surface area contributed by atoms with Gasteiger partial charge in [-0.3, -0.25) is 0 Å². The molecule has 0 spiro atoms. The maximum absolute atomic E-state index is 4.65. The molecule has 0 fully saturated rings. The van der Waals surface area contributed by atoms with E-state index in [2.05, 4.69) is 46.5 Å². The van der Waals surface area contributed by atoms with Gasteiger partial charge in [0, 0.05) is 25.5 Å². The van der Waals surface area contributed by atoms with Crippen LogP contribution in [-0.4, -0.2) is 42.1 Å². The molecule has 5 heteroatoms. The van der Waals surface area contributed by atoms with Gasteiger partial charge in [-0.2, -0.15) is 16.7 Å². The first-order chi connectivity index (χ1) is 9.67. The Labute approximate surface area is 125 Å². The minimum absolute atomic E-state index is 0.450. The first-order valence-electron chi connectivity index (χ1n) is 6.83. The zero-order valence-corrected chi connectivity index (χ0v) is 13.4. The summed E-state index contributed by atoms with van der Waals surface area (Å²) in [6.45, 7) is 2.24. The minimum atomic E-state index is 0.450. The predicted octanol–water partition coefficient (Wildman–Crippen LogP) is 3.25. The van der Waals surface area contributed by atoms with E-state index < -0.39 is 0 Å². The van der Waals surface area contributed by atoms with Crippen molar-refractivity contribution in [3.05, 3.63) is 24.3 Å². The highest BCUT2D eigenvalue weighted by molar-refractivity contribution is 7.98. The Balaban J connectivity index is 2.41. The molecule has 0 aliphatic rings. The number of nitrogens with one attached hydrogen (secondary N) is 1. The molecule has 108 valence electrons. The normalized spacial score (nSPS) is 12.4. The lowest BCUT2D eigenvalue weighted by atomic mass is 10.2. The molecule has 2 rings (SSSR count). The Bertz CT molecular complexity index is 573. The first kappa shape index (κ1) is 14.9. The zero-order valence-electron chi connectivity index (χ0n) is 12.6. The highest BCUT2D eigenvalue weighted by Crippen LogP contribution is 2.26. The van der Waals surface area contributed by atoms with Gasteiger partial charge in [0.2, 0.25) is 5.95 Å². The summed E-state index contributed by atoms with van der Waals surface area (Å²) in [4.78, 5) is 11.4. The van der Waals surface area contributed by atoms with E-state index >= 15 is 0 Å². The monoisotopic (exact) mass is 290 g/mol. The molecule has 0 aliphatic carbocycles. The summed E-state index contributed by atoms with van der Waals surface area (Å²) >= 11 is 1.88. The number of thioether (sulfide) groups is 1. The second-order valence-corrected chi connectivity index (χ2v) is 5.86. The van der Waals surface area contributed by atoms with Crippen LogP contribution in [0.25, 0.3) is 10.9 Å². The van der Waals surface area contributed by atoms with Gasteiger partial charge in [0.1, 0.15) is 5.82 Å². The van der Waals surface area contributed by atoms with Crippen molar-refractivity contribution in [1.82, 2.24) is 9.97 Å². The fraction of sp³-hybridized carbons (Fsp3) is 0.467. The molecule has 2 aromatic rings. The van der Waals surface area contributed by atoms with Gasteiger partial charge in [0.15, 0.2) is 0 Å². The largest absolute Gasteiger partial charge is 0.357 e. The van der Waals surface area contributed by atoms with Crippen molar-refractivity contribution in [1.29, 1.82) is 0 Å². The van der Waals surface area contributed by atoms with Crippen LogP contribution in [0.15, 0.2) is 24.3 Å². The van der Waals surface area contributed by atoms with E-state index in [-0.39, 0.29) is 0 Å². The number of fused-ring (bicyclic) bond motifs is 1. The van der Waals surface area contributed by atoms with Crippen LogP contribution in [0.1, 0.15) is 13.3 Å². The van der Waals surface area contributed by atoms with E-state index in [9.17, 15) is 0 Å². The van der Waals surface area contributed by atoms with Crippen LogP contribution in [0.2, 0.25) is 0 Å². The number of nitrogens with zero attached hydrogens (tertiary/aromatic N) is 3. The number of rotatable bonds is 6. The van der Waals surface area contributed by atoms with E-state index in [1.165, 1.54) is 0 Å². The van der Waals surface area contributed by atoms with Crippen molar-refractivity contribution in [2.45, 2.75) is 19.4 Å². The molecular formula is C15H22N4S. The molecule has 4 nitrogen and oxygen atoms in total. The molecular weight excluding hydrogens is 268 g/mol. The van der Waals surface area contributed by atoms with Gasteiger partial charge in [-0.05, 0) is 37.5 Å². The van der Waals surface area contributed by atoms with Crippen molar-refractivity contribution >= 4 is 34.4 Å². The third kappa shape index (κ3) is 3.15. The lowest BCUT2D eigenvalue weighted by Gasteiger charge is -2.27. The van der Waals surface area contributed by atoms with E-state index in [1.807, 2.05) is 37.0 Å². The fourth-order valence-electron chi connectivity index (χ4n) is 2.13. The zero-order chi connectivity index (χ0) is 14.5. The summed E-state index contributed by atoms with van der Waals surface area (Å²) in [6, 6.07) is 8.61.